The Morgan fingerprint density at radius 1 is 1.23 bits per heavy atom. The van der Waals surface area contributed by atoms with Gasteiger partial charge in [0.05, 0.1) is 11.6 Å². The van der Waals surface area contributed by atoms with Crippen LogP contribution in [0.3, 0.4) is 0 Å². The molecule has 8 heteroatoms. The van der Waals surface area contributed by atoms with Crippen molar-refractivity contribution < 1.29 is 0 Å². The standard InChI is InChI=1S/C18H20BrN5.2ClH/c1-23-7-6-22-18(23)16-11-20-5-8-24(16)12-14-10-15(19)9-13-3-2-4-21-17(13)14;;/h2-4,6-7,9-10,16,20H,5,8,11-12H2,1H3;2*1H. The van der Waals surface area contributed by atoms with Crippen molar-refractivity contribution in [3.8, 4) is 0 Å². The van der Waals surface area contributed by atoms with Crippen LogP contribution < -0.4 is 5.32 Å². The van der Waals surface area contributed by atoms with Gasteiger partial charge in [0, 0.05) is 61.7 Å². The second kappa shape index (κ2) is 9.15. The van der Waals surface area contributed by atoms with Gasteiger partial charge in [0.1, 0.15) is 5.82 Å². The summed E-state index contributed by atoms with van der Waals surface area (Å²) >= 11 is 3.64. The van der Waals surface area contributed by atoms with Gasteiger partial charge in [-0.2, -0.15) is 0 Å². The SMILES string of the molecule is Cl.Cl.Cn1ccnc1C1CNCCN1Cc1cc(Br)cc2cccnc12. The van der Waals surface area contributed by atoms with Crippen LogP contribution in [0.25, 0.3) is 10.9 Å². The normalized spacial score (nSPS) is 17.5. The number of hydrogen-bond donors (Lipinski definition) is 1. The monoisotopic (exact) mass is 457 g/mol. The second-order valence-electron chi connectivity index (χ2n) is 6.23. The molecule has 1 unspecified atom stereocenters. The third kappa shape index (κ3) is 4.21. The summed E-state index contributed by atoms with van der Waals surface area (Å²) < 4.78 is 3.21. The van der Waals surface area contributed by atoms with Gasteiger partial charge >= 0.3 is 0 Å². The summed E-state index contributed by atoms with van der Waals surface area (Å²) in [5, 5.41) is 4.67. The molecule has 0 spiro atoms. The lowest BCUT2D eigenvalue weighted by atomic mass is 10.1. The lowest BCUT2D eigenvalue weighted by Gasteiger charge is -2.35. The number of pyridine rings is 1. The van der Waals surface area contributed by atoms with E-state index in [4.69, 9.17) is 0 Å². The molecule has 0 aliphatic carbocycles. The minimum Gasteiger partial charge on any atom is -0.337 e. The van der Waals surface area contributed by atoms with E-state index in [-0.39, 0.29) is 30.9 Å². The third-order valence-corrected chi connectivity index (χ3v) is 5.09. The molecule has 5 nitrogen and oxygen atoms in total. The fourth-order valence-electron chi connectivity index (χ4n) is 3.46. The molecule has 0 radical (unpaired) electrons. The molecule has 1 aliphatic rings. The Balaban J connectivity index is 0.00000121. The Labute approximate surface area is 174 Å². The van der Waals surface area contributed by atoms with Crippen LogP contribution in [0.15, 0.2) is 47.3 Å². The molecule has 1 fully saturated rings. The summed E-state index contributed by atoms with van der Waals surface area (Å²) in [6.45, 7) is 3.79. The molecule has 3 heterocycles. The van der Waals surface area contributed by atoms with E-state index in [0.717, 1.165) is 42.0 Å². The zero-order valence-corrected chi connectivity index (χ0v) is 17.6. The van der Waals surface area contributed by atoms with E-state index in [1.807, 2.05) is 24.7 Å². The predicted octanol–water partition coefficient (Wildman–Crippen LogP) is 3.72. The molecule has 1 saturated heterocycles. The number of benzene rings is 1. The fraction of sp³-hybridized carbons (Fsp3) is 0.333. The summed E-state index contributed by atoms with van der Waals surface area (Å²) in [6.07, 6.45) is 5.75. The zero-order chi connectivity index (χ0) is 16.5. The maximum absolute atomic E-state index is 4.61. The summed E-state index contributed by atoms with van der Waals surface area (Å²) in [7, 11) is 2.06. The van der Waals surface area contributed by atoms with Crippen molar-refractivity contribution in [2.75, 3.05) is 19.6 Å². The number of nitrogens with one attached hydrogen (secondary N) is 1. The molecule has 0 saturated carbocycles. The van der Waals surface area contributed by atoms with E-state index in [9.17, 15) is 0 Å². The minimum absolute atomic E-state index is 0. The van der Waals surface area contributed by atoms with Crippen LogP contribution in [-0.4, -0.2) is 39.1 Å². The molecule has 0 bridgehead atoms. The number of rotatable bonds is 3. The van der Waals surface area contributed by atoms with Gasteiger partial charge in [0.15, 0.2) is 0 Å². The van der Waals surface area contributed by atoms with E-state index in [2.05, 4.69) is 65.9 Å². The Morgan fingerprint density at radius 2 is 2.08 bits per heavy atom. The van der Waals surface area contributed by atoms with Gasteiger partial charge in [-0.05, 0) is 23.8 Å². The summed E-state index contributed by atoms with van der Waals surface area (Å²) in [5.41, 5.74) is 2.33. The Morgan fingerprint density at radius 3 is 2.85 bits per heavy atom. The van der Waals surface area contributed by atoms with Gasteiger partial charge < -0.3 is 9.88 Å². The lowest BCUT2D eigenvalue weighted by Crippen LogP contribution is -2.46. The molecule has 1 aliphatic heterocycles. The highest BCUT2D eigenvalue weighted by Crippen LogP contribution is 2.27. The van der Waals surface area contributed by atoms with Gasteiger partial charge in [0.25, 0.3) is 0 Å². The third-order valence-electron chi connectivity index (χ3n) is 4.63. The number of nitrogens with zero attached hydrogens (tertiary/aromatic N) is 4. The van der Waals surface area contributed by atoms with Crippen molar-refractivity contribution in [1.29, 1.82) is 0 Å². The Bertz CT molecular complexity index is 870. The van der Waals surface area contributed by atoms with Gasteiger partial charge in [-0.3, -0.25) is 9.88 Å². The first-order chi connectivity index (χ1) is 11.7. The average Bonchev–Trinajstić information content (AvgIpc) is 3.01. The van der Waals surface area contributed by atoms with Crippen LogP contribution in [0.4, 0.5) is 0 Å². The number of hydrogen-bond acceptors (Lipinski definition) is 4. The maximum atomic E-state index is 4.61. The maximum Gasteiger partial charge on any atom is 0.127 e. The highest BCUT2D eigenvalue weighted by Gasteiger charge is 2.27. The number of piperazine rings is 1. The van der Waals surface area contributed by atoms with Crippen LogP contribution in [0.2, 0.25) is 0 Å². The molecule has 1 aromatic carbocycles. The number of fused-ring (bicyclic) bond motifs is 1. The molecule has 26 heavy (non-hydrogen) atoms. The predicted molar refractivity (Wildman–Crippen MR) is 113 cm³/mol. The van der Waals surface area contributed by atoms with Crippen LogP contribution in [0.5, 0.6) is 0 Å². The first kappa shape index (κ1) is 21.1. The van der Waals surface area contributed by atoms with Gasteiger partial charge in [-0.25, -0.2) is 4.98 Å². The summed E-state index contributed by atoms with van der Waals surface area (Å²) in [5.74, 6) is 1.11. The largest absolute Gasteiger partial charge is 0.337 e. The van der Waals surface area contributed by atoms with Crippen molar-refractivity contribution in [2.45, 2.75) is 12.6 Å². The molecule has 3 aromatic rings. The number of imidazole rings is 1. The second-order valence-corrected chi connectivity index (χ2v) is 7.14. The van der Waals surface area contributed by atoms with Crippen molar-refractivity contribution in [1.82, 2.24) is 24.8 Å². The van der Waals surface area contributed by atoms with Crippen LogP contribution in [0, 0.1) is 0 Å². The summed E-state index contributed by atoms with van der Waals surface area (Å²) in [6, 6.07) is 8.69. The van der Waals surface area contributed by atoms with E-state index < -0.39 is 0 Å². The highest BCUT2D eigenvalue weighted by molar-refractivity contribution is 9.10. The average molecular weight is 459 g/mol. The lowest BCUT2D eigenvalue weighted by molar-refractivity contribution is 0.145. The fourth-order valence-corrected chi connectivity index (χ4v) is 3.98. The molecule has 1 atom stereocenters. The molecule has 0 amide bonds. The molecule has 140 valence electrons. The molecule has 2 aromatic heterocycles. The van der Waals surface area contributed by atoms with Crippen LogP contribution in [-0.2, 0) is 13.6 Å². The number of halogens is 3. The van der Waals surface area contributed by atoms with Gasteiger partial charge in [-0.1, -0.05) is 22.0 Å². The van der Waals surface area contributed by atoms with Gasteiger partial charge in [-0.15, -0.1) is 24.8 Å². The molecular weight excluding hydrogens is 437 g/mol. The van der Waals surface area contributed by atoms with Crippen molar-refractivity contribution in [3.05, 3.63) is 58.7 Å². The molecule has 4 rings (SSSR count). The molecular formula is C18H22BrCl2N5. The van der Waals surface area contributed by atoms with E-state index in [1.54, 1.807) is 0 Å². The number of aryl methyl sites for hydroxylation is 1. The van der Waals surface area contributed by atoms with Crippen molar-refractivity contribution in [2.24, 2.45) is 7.05 Å². The smallest absolute Gasteiger partial charge is 0.127 e. The van der Waals surface area contributed by atoms with E-state index in [0.29, 0.717) is 0 Å². The number of aromatic nitrogens is 3. The van der Waals surface area contributed by atoms with Crippen molar-refractivity contribution >= 4 is 51.6 Å². The summed E-state index contributed by atoms with van der Waals surface area (Å²) in [4.78, 5) is 11.7. The minimum atomic E-state index is 0. The quantitative estimate of drug-likeness (QED) is 0.649. The molecule has 1 N–H and O–H groups in total. The first-order valence-electron chi connectivity index (χ1n) is 8.17. The first-order valence-corrected chi connectivity index (χ1v) is 8.97. The van der Waals surface area contributed by atoms with E-state index in [1.165, 1.54) is 10.9 Å². The van der Waals surface area contributed by atoms with Crippen molar-refractivity contribution in [3.63, 3.8) is 0 Å². The Hall–Kier alpha value is -1.18. The van der Waals surface area contributed by atoms with E-state index >= 15 is 0 Å². The van der Waals surface area contributed by atoms with Gasteiger partial charge in [0.2, 0.25) is 0 Å². The zero-order valence-electron chi connectivity index (χ0n) is 14.4. The Kier molecular flexibility index (Phi) is 7.43. The van der Waals surface area contributed by atoms with Crippen LogP contribution >= 0.6 is 40.7 Å². The highest BCUT2D eigenvalue weighted by atomic mass is 79.9. The topological polar surface area (TPSA) is 46.0 Å². The van der Waals surface area contributed by atoms with Crippen LogP contribution in [0.1, 0.15) is 17.4 Å².